The molecule has 184 valence electrons. The van der Waals surface area contributed by atoms with E-state index in [4.69, 9.17) is 9.47 Å². The maximum absolute atomic E-state index is 13.8. The summed E-state index contributed by atoms with van der Waals surface area (Å²) in [6.45, 7) is 1.58. The van der Waals surface area contributed by atoms with Gasteiger partial charge in [-0.25, -0.2) is 9.18 Å². The van der Waals surface area contributed by atoms with E-state index in [2.05, 4.69) is 0 Å². The lowest BCUT2D eigenvalue weighted by Crippen LogP contribution is -2.29. The number of aryl methyl sites for hydroxylation is 1. The molecule has 4 rings (SSSR count). The summed E-state index contributed by atoms with van der Waals surface area (Å²) in [4.78, 5) is 39.5. The highest BCUT2D eigenvalue weighted by Crippen LogP contribution is 2.41. The zero-order chi connectivity index (χ0) is 26.0. The van der Waals surface area contributed by atoms with Crippen LogP contribution in [0.3, 0.4) is 0 Å². The van der Waals surface area contributed by atoms with Gasteiger partial charge in [0.2, 0.25) is 0 Å². The van der Waals surface area contributed by atoms with Crippen molar-refractivity contribution >= 4 is 23.4 Å². The molecule has 1 amide bonds. The Hall–Kier alpha value is -4.46. The van der Waals surface area contributed by atoms with Gasteiger partial charge in [-0.05, 0) is 66.1 Å². The summed E-state index contributed by atoms with van der Waals surface area (Å²) >= 11 is 0. The van der Waals surface area contributed by atoms with Crippen LogP contribution in [0, 0.1) is 12.7 Å². The lowest BCUT2D eigenvalue weighted by Gasteiger charge is -2.26. The highest BCUT2D eigenvalue weighted by Gasteiger charge is 2.46. The zero-order valence-electron chi connectivity index (χ0n) is 19.9. The molecule has 1 unspecified atom stereocenters. The van der Waals surface area contributed by atoms with E-state index in [-0.39, 0.29) is 23.2 Å². The van der Waals surface area contributed by atoms with Crippen LogP contribution in [0.4, 0.5) is 4.39 Å². The van der Waals surface area contributed by atoms with Crippen molar-refractivity contribution in [3.8, 4) is 5.75 Å². The normalized spacial score (nSPS) is 16.8. The Balaban J connectivity index is 1.82. The maximum Gasteiger partial charge on any atom is 0.337 e. The summed E-state index contributed by atoms with van der Waals surface area (Å²) in [5.41, 5.74) is 1.97. The average Bonchev–Trinajstić information content (AvgIpc) is 3.14. The molecule has 3 aromatic rings. The number of rotatable bonds is 6. The van der Waals surface area contributed by atoms with Crippen molar-refractivity contribution in [2.24, 2.45) is 0 Å². The number of likely N-dealkylation sites (tertiary alicyclic amines) is 1. The summed E-state index contributed by atoms with van der Waals surface area (Å²) in [7, 11) is 2.78. The number of benzene rings is 3. The molecule has 0 radical (unpaired) electrons. The predicted octanol–water partition coefficient (Wildman–Crippen LogP) is 4.55. The van der Waals surface area contributed by atoms with Gasteiger partial charge < -0.3 is 19.5 Å². The number of carbonyl (C=O) groups excluding carboxylic acids is 3. The largest absolute Gasteiger partial charge is 0.507 e. The second kappa shape index (κ2) is 10.0. The van der Waals surface area contributed by atoms with E-state index in [9.17, 15) is 23.9 Å². The van der Waals surface area contributed by atoms with Crippen LogP contribution in [0.25, 0.3) is 5.76 Å². The number of aliphatic hydroxyl groups excluding tert-OH is 1. The molecular weight excluding hydrogens is 465 g/mol. The molecule has 1 heterocycles. The van der Waals surface area contributed by atoms with Crippen molar-refractivity contribution in [3.63, 3.8) is 0 Å². The van der Waals surface area contributed by atoms with Gasteiger partial charge in [-0.3, -0.25) is 9.59 Å². The molecule has 0 saturated carbocycles. The molecule has 7 nitrogen and oxygen atoms in total. The number of methoxy groups -OCH3 is 2. The lowest BCUT2D eigenvalue weighted by atomic mass is 9.94. The van der Waals surface area contributed by atoms with Crippen LogP contribution < -0.4 is 4.74 Å². The van der Waals surface area contributed by atoms with Crippen molar-refractivity contribution < 1.29 is 33.4 Å². The highest BCUT2D eigenvalue weighted by molar-refractivity contribution is 6.46. The third-order valence-corrected chi connectivity index (χ3v) is 6.11. The van der Waals surface area contributed by atoms with Gasteiger partial charge >= 0.3 is 5.97 Å². The van der Waals surface area contributed by atoms with Crippen LogP contribution in [-0.2, 0) is 20.9 Å². The fraction of sp³-hybridized carbons (Fsp3) is 0.179. The van der Waals surface area contributed by atoms with Crippen molar-refractivity contribution in [3.05, 3.63) is 106 Å². The van der Waals surface area contributed by atoms with E-state index >= 15 is 0 Å². The van der Waals surface area contributed by atoms with Crippen LogP contribution >= 0.6 is 0 Å². The second-order valence-electron chi connectivity index (χ2n) is 8.36. The number of esters is 1. The number of halogens is 1. The molecule has 3 aromatic carbocycles. The van der Waals surface area contributed by atoms with Crippen molar-refractivity contribution in [1.29, 1.82) is 0 Å². The minimum Gasteiger partial charge on any atom is -0.507 e. The number of hydrogen-bond donors (Lipinski definition) is 1. The molecule has 1 saturated heterocycles. The van der Waals surface area contributed by atoms with E-state index < -0.39 is 35.3 Å². The number of carbonyl (C=O) groups is 3. The number of hydrogen-bond acceptors (Lipinski definition) is 6. The molecule has 1 N–H and O–H groups in total. The van der Waals surface area contributed by atoms with Gasteiger partial charge in [-0.2, -0.15) is 0 Å². The first-order valence-corrected chi connectivity index (χ1v) is 11.1. The second-order valence-corrected chi connectivity index (χ2v) is 8.36. The van der Waals surface area contributed by atoms with Crippen LogP contribution in [-0.4, -0.2) is 41.9 Å². The van der Waals surface area contributed by atoms with Gasteiger partial charge in [-0.1, -0.05) is 24.3 Å². The molecular formula is C28H24FNO6. The van der Waals surface area contributed by atoms with E-state index in [1.54, 1.807) is 55.5 Å². The fourth-order valence-electron chi connectivity index (χ4n) is 4.21. The molecule has 1 aliphatic rings. The van der Waals surface area contributed by atoms with E-state index in [0.29, 0.717) is 22.4 Å². The van der Waals surface area contributed by atoms with Gasteiger partial charge in [-0.15, -0.1) is 0 Å². The Kier molecular flexibility index (Phi) is 6.87. The first-order chi connectivity index (χ1) is 17.2. The Bertz CT molecular complexity index is 1380. The number of nitrogens with zero attached hydrogens (tertiary/aromatic N) is 1. The summed E-state index contributed by atoms with van der Waals surface area (Å²) in [5, 5.41) is 11.2. The average molecular weight is 489 g/mol. The number of Topliss-reactive ketones (excluding diaryl/α,β-unsaturated/α-hetero) is 1. The number of ether oxygens (including phenoxy) is 2. The molecule has 1 aliphatic heterocycles. The van der Waals surface area contributed by atoms with E-state index in [1.165, 1.54) is 37.3 Å². The monoisotopic (exact) mass is 489 g/mol. The zero-order valence-corrected chi connectivity index (χ0v) is 19.9. The minimum absolute atomic E-state index is 0.0348. The fourth-order valence-corrected chi connectivity index (χ4v) is 4.21. The molecule has 1 atom stereocenters. The van der Waals surface area contributed by atoms with Crippen molar-refractivity contribution in [1.82, 2.24) is 4.90 Å². The Morgan fingerprint density at radius 2 is 1.69 bits per heavy atom. The summed E-state index contributed by atoms with van der Waals surface area (Å²) in [5.74, 6) is -2.47. The molecule has 1 fully saturated rings. The van der Waals surface area contributed by atoms with Crippen molar-refractivity contribution in [2.45, 2.75) is 19.5 Å². The number of aliphatic hydroxyl groups is 1. The summed E-state index contributed by atoms with van der Waals surface area (Å²) in [6, 6.07) is 16.4. The van der Waals surface area contributed by atoms with Crippen LogP contribution in [0.1, 0.15) is 38.7 Å². The standard InChI is InChI=1S/C28H24FNO6/c1-16-13-20(11-12-22(16)29)25(31)23-24(19-5-4-6-21(14-19)35-2)30(27(33)26(23)32)15-17-7-9-18(10-8-17)28(34)36-3/h4-14,24,31H,15H2,1-3H3/b25-23-. The van der Waals surface area contributed by atoms with E-state index in [0.717, 1.165) is 0 Å². The van der Waals surface area contributed by atoms with E-state index in [1.807, 2.05) is 0 Å². The van der Waals surface area contributed by atoms with Crippen molar-refractivity contribution in [2.75, 3.05) is 14.2 Å². The first kappa shape index (κ1) is 24.7. The molecule has 0 aliphatic carbocycles. The first-order valence-electron chi connectivity index (χ1n) is 11.1. The number of ketones is 1. The quantitative estimate of drug-likeness (QED) is 0.236. The summed E-state index contributed by atoms with van der Waals surface area (Å²) < 4.78 is 23.9. The van der Waals surface area contributed by atoms with Gasteiger partial charge in [0.25, 0.3) is 11.7 Å². The SMILES string of the molecule is COC(=O)c1ccc(CN2C(=O)C(=O)/C(=C(\O)c3ccc(F)c(C)c3)C2c2cccc(OC)c2)cc1. The minimum atomic E-state index is -0.925. The number of amides is 1. The smallest absolute Gasteiger partial charge is 0.337 e. The molecule has 36 heavy (non-hydrogen) atoms. The van der Waals surface area contributed by atoms with Crippen LogP contribution in [0.15, 0.2) is 72.3 Å². The third-order valence-electron chi connectivity index (χ3n) is 6.11. The molecule has 0 bridgehead atoms. The van der Waals surface area contributed by atoms with Gasteiger partial charge in [0.05, 0.1) is 31.4 Å². The molecule has 0 aromatic heterocycles. The Morgan fingerprint density at radius 1 is 1.00 bits per heavy atom. The molecule has 8 heteroatoms. The predicted molar refractivity (Wildman–Crippen MR) is 130 cm³/mol. The summed E-state index contributed by atoms with van der Waals surface area (Å²) in [6.07, 6.45) is 0. The van der Waals surface area contributed by atoms with Gasteiger partial charge in [0, 0.05) is 12.1 Å². The molecule has 0 spiro atoms. The van der Waals surface area contributed by atoms with Crippen LogP contribution in [0.2, 0.25) is 0 Å². The lowest BCUT2D eigenvalue weighted by molar-refractivity contribution is -0.140. The van der Waals surface area contributed by atoms with Gasteiger partial charge in [0.1, 0.15) is 17.3 Å². The third kappa shape index (κ3) is 4.57. The topological polar surface area (TPSA) is 93.1 Å². The Labute approximate surface area is 207 Å². The van der Waals surface area contributed by atoms with Crippen LogP contribution in [0.5, 0.6) is 5.75 Å². The van der Waals surface area contributed by atoms with Gasteiger partial charge in [0.15, 0.2) is 0 Å². The Morgan fingerprint density at radius 3 is 2.33 bits per heavy atom. The highest BCUT2D eigenvalue weighted by atomic mass is 19.1. The maximum atomic E-state index is 13.8.